The number of Topliss-reactive ketones (excluding diaryl/α,β-unsaturated/α-hetero) is 1. The summed E-state index contributed by atoms with van der Waals surface area (Å²) in [5.74, 6) is 2.42. The van der Waals surface area contributed by atoms with E-state index in [9.17, 15) is 9.90 Å². The van der Waals surface area contributed by atoms with Crippen LogP contribution in [0.2, 0.25) is 0 Å². The van der Waals surface area contributed by atoms with Gasteiger partial charge in [-0.15, -0.1) is 0 Å². The Balaban J connectivity index is 1.20. The molecule has 4 aliphatic rings. The van der Waals surface area contributed by atoms with Gasteiger partial charge in [0.15, 0.2) is 5.78 Å². The lowest BCUT2D eigenvalue weighted by atomic mass is 9.48. The number of benzene rings is 1. The number of rotatable bonds is 4. The maximum atomic E-state index is 16.6. The Morgan fingerprint density at radius 2 is 1.94 bits per heavy atom. The summed E-state index contributed by atoms with van der Waals surface area (Å²) in [7, 11) is 0. The molecular formula is C31H43FN2O2. The molecular weight excluding hydrogens is 451 g/mol. The van der Waals surface area contributed by atoms with Crippen molar-refractivity contribution in [2.45, 2.75) is 103 Å². The number of carbonyl (C=O) groups is 1. The molecule has 6 rings (SSSR count). The summed E-state index contributed by atoms with van der Waals surface area (Å²) in [5.41, 5.74) is 0.675. The van der Waals surface area contributed by atoms with Gasteiger partial charge in [0, 0.05) is 5.92 Å². The van der Waals surface area contributed by atoms with Crippen molar-refractivity contribution in [3.8, 4) is 0 Å². The molecule has 3 unspecified atom stereocenters. The highest BCUT2D eigenvalue weighted by Crippen LogP contribution is 2.66. The third kappa shape index (κ3) is 3.70. The molecule has 0 spiro atoms. The Hall–Kier alpha value is -1.75. The van der Waals surface area contributed by atoms with Crippen LogP contribution in [0.25, 0.3) is 11.0 Å². The predicted molar refractivity (Wildman–Crippen MR) is 140 cm³/mol. The van der Waals surface area contributed by atoms with Gasteiger partial charge in [0.05, 0.1) is 29.5 Å². The number of hydrogen-bond acceptors (Lipinski definition) is 3. The molecule has 1 N–H and O–H groups in total. The predicted octanol–water partition coefficient (Wildman–Crippen LogP) is 6.83. The minimum absolute atomic E-state index is 0.00608. The second-order valence-electron chi connectivity index (χ2n) is 13.7. The van der Waals surface area contributed by atoms with Crippen LogP contribution >= 0.6 is 0 Å². The van der Waals surface area contributed by atoms with E-state index in [4.69, 9.17) is 0 Å². The average Bonchev–Trinajstić information content (AvgIpc) is 3.39. The monoisotopic (exact) mass is 494 g/mol. The molecule has 0 radical (unpaired) electrons. The van der Waals surface area contributed by atoms with Crippen molar-refractivity contribution in [2.24, 2.45) is 40.9 Å². The summed E-state index contributed by atoms with van der Waals surface area (Å²) in [6.07, 6.45) is 10.8. The minimum atomic E-state index is -0.962. The van der Waals surface area contributed by atoms with E-state index in [1.807, 2.05) is 22.8 Å². The topological polar surface area (TPSA) is 55.1 Å². The van der Waals surface area contributed by atoms with E-state index in [2.05, 4.69) is 18.8 Å². The van der Waals surface area contributed by atoms with Gasteiger partial charge in [-0.05, 0) is 124 Å². The molecule has 1 aromatic carbocycles. The quantitative estimate of drug-likeness (QED) is 0.507. The number of ketones is 1. The zero-order valence-electron chi connectivity index (χ0n) is 22.5. The summed E-state index contributed by atoms with van der Waals surface area (Å²) < 4.78 is 18.5. The van der Waals surface area contributed by atoms with E-state index in [0.717, 1.165) is 74.4 Å². The summed E-state index contributed by atoms with van der Waals surface area (Å²) in [4.78, 5) is 18.3. The summed E-state index contributed by atoms with van der Waals surface area (Å²) in [6.45, 7) is 8.53. The highest BCUT2D eigenvalue weighted by molar-refractivity contribution is 5.84. The largest absolute Gasteiger partial charge is 0.386 e. The first-order valence-corrected chi connectivity index (χ1v) is 14.4. The molecule has 4 fully saturated rings. The molecule has 1 heterocycles. The van der Waals surface area contributed by atoms with Crippen molar-refractivity contribution in [3.05, 3.63) is 30.1 Å². The zero-order chi connectivity index (χ0) is 25.5. The first-order chi connectivity index (χ1) is 17.0. The van der Waals surface area contributed by atoms with Gasteiger partial charge in [0.25, 0.3) is 0 Å². The molecule has 4 saturated carbocycles. The fourth-order valence-electron chi connectivity index (χ4n) is 9.37. The second-order valence-corrected chi connectivity index (χ2v) is 13.7. The van der Waals surface area contributed by atoms with Crippen LogP contribution in [0.4, 0.5) is 4.39 Å². The highest BCUT2D eigenvalue weighted by Gasteiger charge is 2.62. The fourth-order valence-corrected chi connectivity index (χ4v) is 9.37. The molecule has 8 atom stereocenters. The fraction of sp³-hybridized carbons (Fsp3) is 0.742. The number of aliphatic hydroxyl groups is 1. The number of aromatic nitrogens is 2. The number of carbonyl (C=O) groups excluding carboxylic acids is 1. The van der Waals surface area contributed by atoms with Crippen LogP contribution in [-0.2, 0) is 16.9 Å². The van der Waals surface area contributed by atoms with Crippen LogP contribution in [0, 0.1) is 40.9 Å². The van der Waals surface area contributed by atoms with Crippen molar-refractivity contribution < 1.29 is 14.3 Å². The molecule has 0 aliphatic heterocycles. The minimum Gasteiger partial charge on any atom is -0.386 e. The molecule has 36 heavy (non-hydrogen) atoms. The van der Waals surface area contributed by atoms with E-state index in [1.165, 1.54) is 0 Å². The summed E-state index contributed by atoms with van der Waals surface area (Å²) >= 11 is 0. The second kappa shape index (κ2) is 8.38. The number of alkyl halides is 1. The van der Waals surface area contributed by atoms with Crippen molar-refractivity contribution in [1.82, 2.24) is 9.55 Å². The zero-order valence-corrected chi connectivity index (χ0v) is 22.5. The number of hydrogen-bond donors (Lipinski definition) is 1. The lowest BCUT2D eigenvalue weighted by molar-refractivity contribution is -0.146. The Labute approximate surface area is 215 Å². The van der Waals surface area contributed by atoms with Gasteiger partial charge in [0.1, 0.15) is 5.67 Å². The van der Waals surface area contributed by atoms with Gasteiger partial charge in [-0.3, -0.25) is 4.79 Å². The molecule has 0 amide bonds. The maximum absolute atomic E-state index is 16.6. The van der Waals surface area contributed by atoms with Gasteiger partial charge in [-0.25, -0.2) is 9.37 Å². The number of imidazole rings is 1. The SMILES string of the molecule is C[C@H]1CC[C@]2(F)C3CC[C@@]4(C)C(CC[C@@H]4C(=O)Cn4cnc5cc(C(C)(C)O)ccc54)C3CC[C@@H]2C1. The number of fused-ring (bicyclic) bond motifs is 6. The molecule has 2 aromatic rings. The van der Waals surface area contributed by atoms with E-state index in [0.29, 0.717) is 30.1 Å². The normalized spacial score (nSPS) is 40.5. The van der Waals surface area contributed by atoms with Crippen molar-refractivity contribution >= 4 is 16.8 Å². The van der Waals surface area contributed by atoms with Crippen LogP contribution < -0.4 is 0 Å². The standard InChI is InChI=1S/C31H43FN2O2/c1-19-11-14-31(32)21(15-19)5-7-22-23-8-9-25(30(23,4)13-12-24(22)31)28(35)17-34-18-33-26-16-20(29(2,3)36)6-10-27(26)34/h6,10,16,18-19,21-25,36H,5,7-9,11-15,17H2,1-4H3/t19-,21+,22?,23?,24?,25+,30-,31+/m0/s1. The molecule has 1 aromatic heterocycles. The Morgan fingerprint density at radius 3 is 2.72 bits per heavy atom. The lowest BCUT2D eigenvalue weighted by Crippen LogP contribution is -2.56. The van der Waals surface area contributed by atoms with Gasteiger partial charge in [-0.2, -0.15) is 0 Å². The first kappa shape index (κ1) is 24.6. The molecule has 0 bridgehead atoms. The van der Waals surface area contributed by atoms with Crippen LogP contribution in [0.1, 0.15) is 91.0 Å². The van der Waals surface area contributed by atoms with Crippen LogP contribution in [0.15, 0.2) is 24.5 Å². The van der Waals surface area contributed by atoms with E-state index >= 15 is 4.39 Å². The van der Waals surface area contributed by atoms with Gasteiger partial charge < -0.3 is 9.67 Å². The third-order valence-electron chi connectivity index (χ3n) is 11.3. The van der Waals surface area contributed by atoms with Gasteiger partial charge >= 0.3 is 0 Å². The van der Waals surface area contributed by atoms with Crippen molar-refractivity contribution in [2.75, 3.05) is 0 Å². The Bertz CT molecular complexity index is 1170. The van der Waals surface area contributed by atoms with Crippen molar-refractivity contribution in [3.63, 3.8) is 0 Å². The molecule has 5 heteroatoms. The van der Waals surface area contributed by atoms with Gasteiger partial charge in [0.2, 0.25) is 0 Å². The summed E-state index contributed by atoms with van der Waals surface area (Å²) in [6, 6.07) is 5.81. The molecule has 196 valence electrons. The van der Waals surface area contributed by atoms with Crippen LogP contribution in [0.3, 0.4) is 0 Å². The Morgan fingerprint density at radius 1 is 1.14 bits per heavy atom. The third-order valence-corrected chi connectivity index (χ3v) is 11.3. The van der Waals surface area contributed by atoms with E-state index in [-0.39, 0.29) is 23.2 Å². The molecule has 4 nitrogen and oxygen atoms in total. The van der Waals surface area contributed by atoms with Crippen LogP contribution in [0.5, 0.6) is 0 Å². The maximum Gasteiger partial charge on any atom is 0.156 e. The van der Waals surface area contributed by atoms with E-state index in [1.54, 1.807) is 20.2 Å². The summed E-state index contributed by atoms with van der Waals surface area (Å²) in [5, 5.41) is 10.3. The molecule has 0 saturated heterocycles. The number of nitrogens with zero attached hydrogens (tertiary/aromatic N) is 2. The Kier molecular flexibility index (Phi) is 5.72. The van der Waals surface area contributed by atoms with E-state index < -0.39 is 11.3 Å². The highest BCUT2D eigenvalue weighted by atomic mass is 19.1. The first-order valence-electron chi connectivity index (χ1n) is 14.4. The van der Waals surface area contributed by atoms with Crippen LogP contribution in [-0.4, -0.2) is 26.1 Å². The lowest BCUT2D eigenvalue weighted by Gasteiger charge is -2.58. The van der Waals surface area contributed by atoms with Gasteiger partial charge in [-0.1, -0.05) is 19.9 Å². The average molecular weight is 495 g/mol. The molecule has 4 aliphatic carbocycles. The number of halogens is 1. The smallest absolute Gasteiger partial charge is 0.156 e. The van der Waals surface area contributed by atoms with Crippen molar-refractivity contribution in [1.29, 1.82) is 0 Å².